The second-order valence-corrected chi connectivity index (χ2v) is 10.3. The maximum atomic E-state index is 12.5. The van der Waals surface area contributed by atoms with Gasteiger partial charge < -0.3 is 4.57 Å². The van der Waals surface area contributed by atoms with E-state index < -0.39 is 10.0 Å². The van der Waals surface area contributed by atoms with Gasteiger partial charge in [-0.15, -0.1) is 17.9 Å². The maximum absolute atomic E-state index is 12.5. The van der Waals surface area contributed by atoms with E-state index in [9.17, 15) is 8.42 Å². The number of hydrogen-bond donors (Lipinski definition) is 0. The van der Waals surface area contributed by atoms with Gasteiger partial charge >= 0.3 is 0 Å². The van der Waals surface area contributed by atoms with Crippen LogP contribution in [0.25, 0.3) is 11.0 Å². The van der Waals surface area contributed by atoms with Crippen molar-refractivity contribution in [2.45, 2.75) is 37.9 Å². The molecule has 3 aromatic rings. The zero-order chi connectivity index (χ0) is 21.0. The molecule has 6 nitrogen and oxygen atoms in total. The van der Waals surface area contributed by atoms with Gasteiger partial charge in [-0.05, 0) is 36.1 Å². The third-order valence-corrected chi connectivity index (χ3v) is 7.41. The zero-order valence-electron chi connectivity index (χ0n) is 17.2. The summed E-state index contributed by atoms with van der Waals surface area (Å²) in [6, 6.07) is 9.41. The minimum atomic E-state index is -3.49. The number of rotatable bonds is 10. The molecule has 156 valence electrons. The molecule has 0 aliphatic heterocycles. The van der Waals surface area contributed by atoms with Crippen LogP contribution in [0.5, 0.6) is 0 Å². The fourth-order valence-electron chi connectivity index (χ4n) is 3.32. The summed E-state index contributed by atoms with van der Waals surface area (Å²) in [4.78, 5) is 8.68. The fourth-order valence-corrected chi connectivity index (χ4v) is 4.98. The topological polar surface area (TPSA) is 58.4 Å². The van der Waals surface area contributed by atoms with Crippen molar-refractivity contribution in [2.24, 2.45) is 0 Å². The largest absolute Gasteiger partial charge is 0.327 e. The van der Waals surface area contributed by atoms with Gasteiger partial charge in [0.25, 0.3) is 0 Å². The molecule has 0 N–H and O–H groups in total. The summed E-state index contributed by atoms with van der Waals surface area (Å²) < 4.78 is 28.4. The highest BCUT2D eigenvalue weighted by Gasteiger charge is 2.20. The van der Waals surface area contributed by atoms with E-state index in [-0.39, 0.29) is 4.90 Å². The minimum absolute atomic E-state index is 0.268. The number of thiophene rings is 1. The summed E-state index contributed by atoms with van der Waals surface area (Å²) in [6.45, 7) is 9.13. The van der Waals surface area contributed by atoms with Crippen molar-refractivity contribution < 1.29 is 8.42 Å². The lowest BCUT2D eigenvalue weighted by atomic mass is 10.3. The Morgan fingerprint density at radius 1 is 1.24 bits per heavy atom. The van der Waals surface area contributed by atoms with Gasteiger partial charge in [0, 0.05) is 38.6 Å². The van der Waals surface area contributed by atoms with Crippen LogP contribution >= 0.6 is 11.3 Å². The highest BCUT2D eigenvalue weighted by molar-refractivity contribution is 7.89. The average Bonchev–Trinajstić information content (AvgIpc) is 3.30. The molecule has 0 fully saturated rings. The van der Waals surface area contributed by atoms with Gasteiger partial charge in [0.1, 0.15) is 5.82 Å². The van der Waals surface area contributed by atoms with Gasteiger partial charge in [0.05, 0.1) is 22.5 Å². The van der Waals surface area contributed by atoms with E-state index in [0.29, 0.717) is 12.1 Å². The van der Waals surface area contributed by atoms with Gasteiger partial charge in [-0.1, -0.05) is 19.1 Å². The molecule has 0 saturated carbocycles. The average molecular weight is 433 g/mol. The van der Waals surface area contributed by atoms with E-state index in [2.05, 4.69) is 40.5 Å². The predicted molar refractivity (Wildman–Crippen MR) is 120 cm³/mol. The molecule has 1 aromatic carbocycles. The third-order valence-electron chi connectivity index (χ3n) is 4.74. The normalized spacial score (nSPS) is 12.3. The predicted octanol–water partition coefficient (Wildman–Crippen LogP) is 3.95. The Morgan fingerprint density at radius 3 is 2.66 bits per heavy atom. The molecule has 0 amide bonds. The molecule has 0 saturated heterocycles. The summed E-state index contributed by atoms with van der Waals surface area (Å²) in [5.74, 6) is 0.944. The molecule has 3 rings (SSSR count). The first-order chi connectivity index (χ1) is 13.9. The monoisotopic (exact) mass is 432 g/mol. The first-order valence-electron chi connectivity index (χ1n) is 9.64. The van der Waals surface area contributed by atoms with E-state index in [1.54, 1.807) is 37.6 Å². The first kappa shape index (κ1) is 21.7. The summed E-state index contributed by atoms with van der Waals surface area (Å²) in [7, 11) is -0.408. The fraction of sp³-hybridized carbons (Fsp3) is 0.381. The van der Waals surface area contributed by atoms with Crippen molar-refractivity contribution in [3.05, 3.63) is 59.1 Å². The van der Waals surface area contributed by atoms with Gasteiger partial charge in [0.2, 0.25) is 10.0 Å². The standard InChI is InChI=1S/C21H28N4O2S2/c1-5-11-24(15-17-8-7-13-28-17)16-21-22-19-14-18(29(26,27)23(3)4)9-10-20(19)25(21)12-6-2/h5,7-10,13-14H,1,6,11-12,15-16H2,2-4H3. The first-order valence-corrected chi connectivity index (χ1v) is 12.0. The van der Waals surface area contributed by atoms with E-state index in [4.69, 9.17) is 4.98 Å². The molecule has 2 heterocycles. The van der Waals surface area contributed by atoms with Gasteiger partial charge in [-0.2, -0.15) is 0 Å². The molecular formula is C21H28N4O2S2. The molecule has 0 bridgehead atoms. The highest BCUT2D eigenvalue weighted by Crippen LogP contribution is 2.24. The second-order valence-electron chi connectivity index (χ2n) is 7.16. The number of hydrogen-bond acceptors (Lipinski definition) is 5. The molecule has 8 heteroatoms. The van der Waals surface area contributed by atoms with E-state index >= 15 is 0 Å². The van der Waals surface area contributed by atoms with Gasteiger partial charge in [-0.3, -0.25) is 4.90 Å². The Morgan fingerprint density at radius 2 is 2.03 bits per heavy atom. The van der Waals surface area contributed by atoms with Crippen LogP contribution in [0.15, 0.2) is 53.3 Å². The number of sulfonamides is 1. The molecule has 0 unspecified atom stereocenters. The number of aryl methyl sites for hydroxylation is 1. The molecule has 0 aliphatic rings. The van der Waals surface area contributed by atoms with Crippen LogP contribution in [-0.4, -0.2) is 47.8 Å². The SMILES string of the molecule is C=CCN(Cc1cccs1)Cc1nc2cc(S(=O)(=O)N(C)C)ccc2n1CCC. The van der Waals surface area contributed by atoms with Crippen molar-refractivity contribution in [2.75, 3.05) is 20.6 Å². The van der Waals surface area contributed by atoms with E-state index in [1.807, 2.05) is 12.1 Å². The number of nitrogens with zero attached hydrogens (tertiary/aromatic N) is 4. The molecule has 0 radical (unpaired) electrons. The van der Waals surface area contributed by atoms with Crippen molar-refractivity contribution in [3.63, 3.8) is 0 Å². The summed E-state index contributed by atoms with van der Waals surface area (Å²) in [6.07, 6.45) is 2.88. The molecule has 29 heavy (non-hydrogen) atoms. The van der Waals surface area contributed by atoms with E-state index in [1.165, 1.54) is 9.18 Å². The van der Waals surface area contributed by atoms with Crippen LogP contribution in [0.1, 0.15) is 24.0 Å². The Labute approximate surface area is 177 Å². The lowest BCUT2D eigenvalue weighted by Crippen LogP contribution is -2.24. The Kier molecular flexibility index (Phi) is 6.89. The number of fused-ring (bicyclic) bond motifs is 1. The van der Waals surface area contributed by atoms with Crippen molar-refractivity contribution in [3.8, 4) is 0 Å². The summed E-state index contributed by atoms with van der Waals surface area (Å²) >= 11 is 1.74. The Bertz CT molecular complexity index is 1070. The number of aromatic nitrogens is 2. The van der Waals surface area contributed by atoms with Crippen LogP contribution in [-0.2, 0) is 29.7 Å². The minimum Gasteiger partial charge on any atom is -0.327 e. The lowest BCUT2D eigenvalue weighted by Gasteiger charge is -2.20. The maximum Gasteiger partial charge on any atom is 0.242 e. The number of imidazole rings is 1. The molecule has 0 atom stereocenters. The summed E-state index contributed by atoms with van der Waals surface area (Å²) in [5.41, 5.74) is 1.68. The Balaban J connectivity index is 1.99. The summed E-state index contributed by atoms with van der Waals surface area (Å²) in [5, 5.41) is 2.08. The van der Waals surface area contributed by atoms with Crippen LogP contribution in [0.3, 0.4) is 0 Å². The zero-order valence-corrected chi connectivity index (χ0v) is 18.8. The Hall–Kier alpha value is -2.00. The quantitative estimate of drug-likeness (QED) is 0.455. The van der Waals surface area contributed by atoms with Crippen molar-refractivity contribution in [1.29, 1.82) is 0 Å². The third kappa shape index (κ3) is 4.78. The second kappa shape index (κ2) is 9.21. The van der Waals surface area contributed by atoms with Crippen molar-refractivity contribution in [1.82, 2.24) is 18.8 Å². The van der Waals surface area contributed by atoms with Crippen LogP contribution in [0.2, 0.25) is 0 Å². The molecular weight excluding hydrogens is 404 g/mol. The molecule has 0 aliphatic carbocycles. The molecule has 2 aromatic heterocycles. The van der Waals surface area contributed by atoms with Gasteiger partial charge in [0.15, 0.2) is 0 Å². The highest BCUT2D eigenvalue weighted by atomic mass is 32.2. The van der Waals surface area contributed by atoms with E-state index in [0.717, 1.165) is 37.4 Å². The van der Waals surface area contributed by atoms with Crippen LogP contribution in [0.4, 0.5) is 0 Å². The lowest BCUT2D eigenvalue weighted by molar-refractivity contribution is 0.277. The smallest absolute Gasteiger partial charge is 0.242 e. The van der Waals surface area contributed by atoms with Crippen LogP contribution in [0, 0.1) is 0 Å². The van der Waals surface area contributed by atoms with Crippen molar-refractivity contribution >= 4 is 32.4 Å². The van der Waals surface area contributed by atoms with Gasteiger partial charge in [-0.25, -0.2) is 17.7 Å². The number of benzene rings is 1. The molecule has 0 spiro atoms. The van der Waals surface area contributed by atoms with Crippen LogP contribution < -0.4 is 0 Å².